The van der Waals surface area contributed by atoms with Gasteiger partial charge in [-0.05, 0) is 73.2 Å². The van der Waals surface area contributed by atoms with E-state index in [9.17, 15) is 5.11 Å². The molecule has 3 aromatic rings. The van der Waals surface area contributed by atoms with E-state index in [4.69, 9.17) is 21.3 Å². The summed E-state index contributed by atoms with van der Waals surface area (Å²) in [5.41, 5.74) is 3.56. The number of rotatable bonds is 5. The van der Waals surface area contributed by atoms with Gasteiger partial charge in [-0.2, -0.15) is 0 Å². The summed E-state index contributed by atoms with van der Waals surface area (Å²) >= 11 is 6.25. The average Bonchev–Trinajstić information content (AvgIpc) is 2.82. The average molecular weight is 473 g/mol. The monoisotopic (exact) mass is 472 g/mol. The molecule has 1 unspecified atom stereocenters. The molecule has 32 heavy (non-hydrogen) atoms. The van der Waals surface area contributed by atoms with Gasteiger partial charge in [0.25, 0.3) is 0 Å². The maximum atomic E-state index is 11.7. The van der Waals surface area contributed by atoms with Crippen LogP contribution < -0.4 is 4.74 Å². The van der Waals surface area contributed by atoms with Crippen LogP contribution in [0.25, 0.3) is 22.2 Å². The highest BCUT2D eigenvalue weighted by atomic mass is 35.5. The number of aromatic nitrogens is 1. The van der Waals surface area contributed by atoms with Crippen molar-refractivity contribution in [3.05, 3.63) is 59.1 Å². The largest absolute Gasteiger partial charge is 0.497 e. The highest BCUT2D eigenvalue weighted by molar-refractivity contribution is 6.30. The number of halogens is 2. The van der Waals surface area contributed by atoms with Crippen LogP contribution in [0.1, 0.15) is 37.9 Å². The molecule has 0 spiro atoms. The highest BCUT2D eigenvalue weighted by Crippen LogP contribution is 2.43. The second kappa shape index (κ2) is 9.56. The molecule has 5 atom stereocenters. The Labute approximate surface area is 201 Å². The van der Waals surface area contributed by atoms with Crippen molar-refractivity contribution >= 4 is 34.9 Å². The summed E-state index contributed by atoms with van der Waals surface area (Å²) < 4.78 is 5.47. The van der Waals surface area contributed by atoms with Gasteiger partial charge in [-0.3, -0.25) is 4.90 Å². The van der Waals surface area contributed by atoms with E-state index in [2.05, 4.69) is 11.8 Å². The third-order valence-corrected chi connectivity index (χ3v) is 7.55. The fraction of sp³-hybridized carbons (Fsp3) is 0.423. The second-order valence-electron chi connectivity index (χ2n) is 8.95. The number of benzene rings is 2. The quantitative estimate of drug-likeness (QED) is 0.484. The molecule has 3 aliphatic rings. The Morgan fingerprint density at radius 2 is 2.06 bits per heavy atom. The number of nitrogens with zero attached hydrogens (tertiary/aromatic N) is 2. The number of hydrogen-bond donors (Lipinski definition) is 1. The lowest BCUT2D eigenvalue weighted by Gasteiger charge is -2.51. The predicted octanol–water partition coefficient (Wildman–Crippen LogP) is 6.14. The maximum absolute atomic E-state index is 11.7. The summed E-state index contributed by atoms with van der Waals surface area (Å²) in [6.45, 7) is 4.46. The van der Waals surface area contributed by atoms with Crippen LogP contribution in [0.5, 0.6) is 5.75 Å². The first-order valence-corrected chi connectivity index (χ1v) is 11.6. The number of fused-ring (bicyclic) bond motifs is 4. The summed E-state index contributed by atoms with van der Waals surface area (Å²) in [4.78, 5) is 7.39. The minimum absolute atomic E-state index is 0. The lowest BCUT2D eigenvalue weighted by molar-refractivity contribution is -0.0562. The fourth-order valence-corrected chi connectivity index (χ4v) is 5.77. The van der Waals surface area contributed by atoms with E-state index in [1.165, 1.54) is 12.8 Å². The summed E-state index contributed by atoms with van der Waals surface area (Å²) in [6.07, 6.45) is 2.95. The number of aliphatic hydroxyl groups excluding tert-OH is 1. The summed E-state index contributed by atoms with van der Waals surface area (Å²) in [7, 11) is 1.67. The Balaban J connectivity index is 0.00000245. The molecule has 4 heterocycles. The smallest absolute Gasteiger partial charge is 0.119 e. The predicted molar refractivity (Wildman–Crippen MR) is 133 cm³/mol. The van der Waals surface area contributed by atoms with Crippen LogP contribution in [0.4, 0.5) is 0 Å². The van der Waals surface area contributed by atoms with Crippen molar-refractivity contribution in [2.45, 2.75) is 38.3 Å². The Morgan fingerprint density at radius 3 is 2.75 bits per heavy atom. The first-order valence-electron chi connectivity index (χ1n) is 11.2. The fourth-order valence-electron chi connectivity index (χ4n) is 5.58. The number of pyridine rings is 1. The zero-order chi connectivity index (χ0) is 21.5. The van der Waals surface area contributed by atoms with E-state index in [1.54, 1.807) is 7.11 Å². The van der Waals surface area contributed by atoms with Crippen molar-refractivity contribution < 1.29 is 9.84 Å². The van der Waals surface area contributed by atoms with Crippen LogP contribution in [-0.2, 0) is 0 Å². The molecule has 6 rings (SSSR count). The molecule has 0 aliphatic carbocycles. The second-order valence-corrected chi connectivity index (χ2v) is 9.39. The van der Waals surface area contributed by atoms with Gasteiger partial charge in [0, 0.05) is 28.6 Å². The molecule has 0 radical (unpaired) electrons. The van der Waals surface area contributed by atoms with Crippen LogP contribution in [0.2, 0.25) is 5.02 Å². The van der Waals surface area contributed by atoms with Gasteiger partial charge < -0.3 is 9.84 Å². The van der Waals surface area contributed by atoms with Crippen LogP contribution in [0.3, 0.4) is 0 Å². The SMILES string of the molecule is CC[C@H]1CN2CC[C@@H]1C[C@H]2[C@H](O)c1cc(-c2cccc(Cl)c2)nc2ccc(OC)cc12.Cl. The minimum Gasteiger partial charge on any atom is -0.497 e. The Kier molecular flexibility index (Phi) is 6.97. The van der Waals surface area contributed by atoms with Crippen LogP contribution in [0.15, 0.2) is 48.5 Å². The summed E-state index contributed by atoms with van der Waals surface area (Å²) in [5, 5.41) is 13.3. The summed E-state index contributed by atoms with van der Waals surface area (Å²) in [6, 6.07) is 15.8. The Hall–Kier alpha value is -1.85. The molecule has 1 aromatic heterocycles. The molecular formula is C26H30Cl2N2O2. The molecule has 2 aromatic carbocycles. The molecule has 0 saturated carbocycles. The van der Waals surface area contributed by atoms with Crippen molar-refractivity contribution in [2.24, 2.45) is 11.8 Å². The van der Waals surface area contributed by atoms with Crippen LogP contribution >= 0.6 is 24.0 Å². The number of ether oxygens (including phenoxy) is 1. The van der Waals surface area contributed by atoms with Gasteiger partial charge in [0.15, 0.2) is 0 Å². The normalized spacial score (nSPS) is 25.4. The molecule has 2 bridgehead atoms. The summed E-state index contributed by atoms with van der Waals surface area (Å²) in [5.74, 6) is 2.24. The van der Waals surface area contributed by atoms with Gasteiger partial charge in [0.05, 0.1) is 24.4 Å². The standard InChI is InChI=1S/C26H29ClN2O2.ClH/c1-3-16-15-29-10-9-17(16)12-25(29)26(30)22-14-24(18-5-4-6-19(27)11-18)28-23-8-7-20(31-2)13-21(22)23;/h4-8,11,13-14,16-17,25-26,30H,3,9-10,12,15H2,1-2H3;1H/t16-,17+,25-,26+;/m0./s1. The number of piperidine rings is 3. The first kappa shape index (κ1) is 23.3. The van der Waals surface area contributed by atoms with Crippen molar-refractivity contribution in [3.63, 3.8) is 0 Å². The maximum Gasteiger partial charge on any atom is 0.119 e. The zero-order valence-electron chi connectivity index (χ0n) is 18.5. The Bertz CT molecular complexity index is 1110. The zero-order valence-corrected chi connectivity index (χ0v) is 20.1. The van der Waals surface area contributed by atoms with E-state index < -0.39 is 6.10 Å². The van der Waals surface area contributed by atoms with Crippen molar-refractivity contribution in [1.82, 2.24) is 9.88 Å². The van der Waals surface area contributed by atoms with Crippen molar-refractivity contribution in [2.75, 3.05) is 20.2 Å². The molecule has 4 nitrogen and oxygen atoms in total. The van der Waals surface area contributed by atoms with Crippen molar-refractivity contribution in [3.8, 4) is 17.0 Å². The van der Waals surface area contributed by atoms with Crippen LogP contribution in [-0.4, -0.2) is 41.2 Å². The van der Waals surface area contributed by atoms with Gasteiger partial charge in [-0.25, -0.2) is 4.98 Å². The molecular weight excluding hydrogens is 443 g/mol. The van der Waals surface area contributed by atoms with Crippen LogP contribution in [0, 0.1) is 11.8 Å². The van der Waals surface area contributed by atoms with E-state index in [-0.39, 0.29) is 18.4 Å². The third-order valence-electron chi connectivity index (χ3n) is 7.31. The molecule has 3 fully saturated rings. The first-order chi connectivity index (χ1) is 15.1. The van der Waals surface area contributed by atoms with E-state index in [0.717, 1.165) is 58.9 Å². The number of aliphatic hydroxyl groups is 1. The topological polar surface area (TPSA) is 45.6 Å². The minimum atomic E-state index is -0.573. The Morgan fingerprint density at radius 1 is 1.22 bits per heavy atom. The highest BCUT2D eigenvalue weighted by Gasteiger charge is 2.42. The number of hydrogen-bond acceptors (Lipinski definition) is 4. The van der Waals surface area contributed by atoms with Gasteiger partial charge >= 0.3 is 0 Å². The van der Waals surface area contributed by atoms with Gasteiger partial charge in [-0.15, -0.1) is 12.4 Å². The lowest BCUT2D eigenvalue weighted by atomic mass is 9.72. The third kappa shape index (κ3) is 4.22. The van der Waals surface area contributed by atoms with E-state index in [0.29, 0.717) is 10.9 Å². The molecule has 170 valence electrons. The molecule has 3 aliphatic heterocycles. The van der Waals surface area contributed by atoms with Crippen molar-refractivity contribution in [1.29, 1.82) is 0 Å². The molecule has 6 heteroatoms. The number of methoxy groups -OCH3 is 1. The molecule has 3 saturated heterocycles. The van der Waals surface area contributed by atoms with Gasteiger partial charge in [0.1, 0.15) is 5.75 Å². The van der Waals surface area contributed by atoms with E-state index >= 15 is 0 Å². The van der Waals surface area contributed by atoms with E-state index in [1.807, 2.05) is 48.5 Å². The van der Waals surface area contributed by atoms with Gasteiger partial charge in [0.2, 0.25) is 0 Å². The molecule has 0 amide bonds. The molecule has 1 N–H and O–H groups in total. The lowest BCUT2D eigenvalue weighted by Crippen LogP contribution is -2.55. The van der Waals surface area contributed by atoms with Gasteiger partial charge in [-0.1, -0.05) is 37.1 Å².